The van der Waals surface area contributed by atoms with E-state index in [0.29, 0.717) is 23.5 Å². The fourth-order valence-corrected chi connectivity index (χ4v) is 4.29. The molecule has 1 saturated heterocycles. The van der Waals surface area contributed by atoms with Crippen LogP contribution in [0, 0.1) is 4.91 Å². The van der Waals surface area contributed by atoms with Gasteiger partial charge in [-0.25, -0.2) is 8.42 Å². The van der Waals surface area contributed by atoms with Gasteiger partial charge in [-0.15, -0.1) is 0 Å². The Bertz CT molecular complexity index is 912. The molecule has 8 nitrogen and oxygen atoms in total. The molecule has 0 bridgehead atoms. The number of sulfonamides is 1. The van der Waals surface area contributed by atoms with Gasteiger partial charge < -0.3 is 9.73 Å². The van der Waals surface area contributed by atoms with Gasteiger partial charge in [0, 0.05) is 23.7 Å². The molecule has 1 N–H and O–H groups in total. The van der Waals surface area contributed by atoms with Crippen molar-refractivity contribution >= 4 is 27.5 Å². The Labute approximate surface area is 151 Å². The number of amides is 1. The summed E-state index contributed by atoms with van der Waals surface area (Å²) in [6.45, 7) is 1.08. The number of benzene rings is 1. The molecule has 0 aliphatic carbocycles. The molecule has 26 heavy (non-hydrogen) atoms. The van der Waals surface area contributed by atoms with Gasteiger partial charge >= 0.3 is 5.88 Å². The molecule has 1 fully saturated rings. The highest BCUT2D eigenvalue weighted by atomic mass is 32.2. The van der Waals surface area contributed by atoms with Crippen LogP contribution in [-0.2, 0) is 10.0 Å². The normalized spacial score (nSPS) is 15.6. The maximum atomic E-state index is 12.6. The van der Waals surface area contributed by atoms with Crippen LogP contribution >= 0.6 is 0 Å². The highest BCUT2D eigenvalue weighted by molar-refractivity contribution is 7.89. The number of nitrogens with one attached hydrogen (secondary N) is 1. The van der Waals surface area contributed by atoms with Gasteiger partial charge in [-0.05, 0) is 43.2 Å². The SMILES string of the molecule is C[N+](=O)c1ccc(C(=O)Nc2ccc(S(=O)(=O)N3CCCCC3)cc2)o1. The zero-order valence-electron chi connectivity index (χ0n) is 14.3. The summed E-state index contributed by atoms with van der Waals surface area (Å²) in [6.07, 6.45) is 2.79. The zero-order chi connectivity index (χ0) is 18.7. The van der Waals surface area contributed by atoms with Gasteiger partial charge in [0.1, 0.15) is 0 Å². The third kappa shape index (κ3) is 3.83. The summed E-state index contributed by atoms with van der Waals surface area (Å²) in [6, 6.07) is 8.79. The third-order valence-corrected chi connectivity index (χ3v) is 6.10. The first-order valence-electron chi connectivity index (χ1n) is 8.30. The molecule has 0 radical (unpaired) electrons. The first kappa shape index (κ1) is 18.3. The maximum Gasteiger partial charge on any atom is 0.421 e. The van der Waals surface area contributed by atoms with Gasteiger partial charge in [-0.1, -0.05) is 6.42 Å². The number of hydrogen-bond acceptors (Lipinski definition) is 5. The molecule has 1 aliphatic rings. The summed E-state index contributed by atoms with van der Waals surface area (Å²) in [5, 5.41) is 2.61. The molecule has 1 aliphatic heterocycles. The molecule has 1 aromatic carbocycles. The van der Waals surface area contributed by atoms with Crippen molar-refractivity contribution in [3.63, 3.8) is 0 Å². The standard InChI is InChI=1S/C17H19N3O5S/c1-19(22)16-10-9-15(25-16)17(21)18-13-5-7-14(8-6-13)26(23,24)20-11-3-2-4-12-20/h5-10H,2-4,11-12H2,1H3/p+1. The summed E-state index contributed by atoms with van der Waals surface area (Å²) >= 11 is 0. The highest BCUT2D eigenvalue weighted by Crippen LogP contribution is 2.22. The molecule has 1 amide bonds. The summed E-state index contributed by atoms with van der Waals surface area (Å²) in [5.41, 5.74) is 0.432. The number of carbonyl (C=O) groups excluding carboxylic acids is 1. The maximum absolute atomic E-state index is 12.6. The minimum atomic E-state index is -3.50. The molecule has 0 spiro atoms. The Balaban J connectivity index is 1.70. The minimum absolute atomic E-state index is 0.00675. The van der Waals surface area contributed by atoms with E-state index in [4.69, 9.17) is 4.42 Å². The van der Waals surface area contributed by atoms with Gasteiger partial charge in [0.2, 0.25) is 10.0 Å². The first-order valence-corrected chi connectivity index (χ1v) is 9.74. The summed E-state index contributed by atoms with van der Waals surface area (Å²) in [5.74, 6) is -0.504. The van der Waals surface area contributed by atoms with E-state index in [9.17, 15) is 18.1 Å². The molecule has 0 unspecified atom stereocenters. The van der Waals surface area contributed by atoms with E-state index >= 15 is 0 Å². The Morgan fingerprint density at radius 1 is 1.08 bits per heavy atom. The van der Waals surface area contributed by atoms with Crippen LogP contribution in [0.2, 0.25) is 0 Å². The molecule has 3 rings (SSSR count). The second kappa shape index (κ2) is 7.38. The first-order chi connectivity index (χ1) is 12.4. The van der Waals surface area contributed by atoms with Crippen LogP contribution in [-0.4, -0.2) is 43.5 Å². The van der Waals surface area contributed by atoms with Gasteiger partial charge in [-0.3, -0.25) is 4.79 Å². The van der Waals surface area contributed by atoms with Crippen molar-refractivity contribution < 1.29 is 22.4 Å². The quantitative estimate of drug-likeness (QED) is 0.807. The number of rotatable bonds is 5. The Morgan fingerprint density at radius 2 is 1.73 bits per heavy atom. The fourth-order valence-electron chi connectivity index (χ4n) is 2.78. The lowest BCUT2D eigenvalue weighted by Crippen LogP contribution is -2.35. The largest absolute Gasteiger partial charge is 0.421 e. The third-order valence-electron chi connectivity index (χ3n) is 4.19. The average molecular weight is 378 g/mol. The Morgan fingerprint density at radius 3 is 2.31 bits per heavy atom. The van der Waals surface area contributed by atoms with Crippen molar-refractivity contribution in [2.24, 2.45) is 0 Å². The van der Waals surface area contributed by atoms with Crippen molar-refractivity contribution in [3.8, 4) is 0 Å². The van der Waals surface area contributed by atoms with Crippen molar-refractivity contribution in [1.82, 2.24) is 4.31 Å². The molecule has 2 aromatic rings. The van der Waals surface area contributed by atoms with Gasteiger partial charge in [0.15, 0.2) is 12.8 Å². The lowest BCUT2D eigenvalue weighted by Gasteiger charge is -2.25. The van der Waals surface area contributed by atoms with Crippen molar-refractivity contribution in [3.05, 3.63) is 47.1 Å². The lowest BCUT2D eigenvalue weighted by atomic mass is 10.2. The van der Waals surface area contributed by atoms with E-state index in [1.807, 2.05) is 0 Å². The van der Waals surface area contributed by atoms with E-state index in [1.54, 1.807) is 0 Å². The number of furan rings is 1. The van der Waals surface area contributed by atoms with Gasteiger partial charge in [0.25, 0.3) is 5.91 Å². The predicted octanol–water partition coefficient (Wildman–Crippen LogP) is 2.75. The summed E-state index contributed by atoms with van der Waals surface area (Å²) in [4.78, 5) is 23.5. The summed E-state index contributed by atoms with van der Waals surface area (Å²) in [7, 11) is -2.24. The number of piperidine rings is 1. The van der Waals surface area contributed by atoms with Crippen LogP contribution in [0.5, 0.6) is 0 Å². The van der Waals surface area contributed by atoms with Crippen molar-refractivity contribution in [2.75, 3.05) is 25.5 Å². The van der Waals surface area contributed by atoms with Crippen LogP contribution in [0.3, 0.4) is 0 Å². The van der Waals surface area contributed by atoms with E-state index in [-0.39, 0.29) is 16.5 Å². The topological polar surface area (TPSA) is 99.7 Å². The molecule has 1 aromatic heterocycles. The van der Waals surface area contributed by atoms with Crippen LogP contribution in [0.4, 0.5) is 11.6 Å². The molecule has 0 saturated carbocycles. The molecule has 9 heteroatoms. The Kier molecular flexibility index (Phi) is 5.19. The molecular weight excluding hydrogens is 358 g/mol. The number of anilines is 1. The van der Waals surface area contributed by atoms with E-state index in [1.165, 1.54) is 47.8 Å². The smallest absolute Gasteiger partial charge is 0.396 e. The lowest BCUT2D eigenvalue weighted by molar-refractivity contribution is -0.444. The van der Waals surface area contributed by atoms with Crippen LogP contribution in [0.25, 0.3) is 0 Å². The summed E-state index contributed by atoms with van der Waals surface area (Å²) < 4.78 is 32.3. The van der Waals surface area contributed by atoms with Gasteiger partial charge in [-0.2, -0.15) is 4.31 Å². The molecule has 0 atom stereocenters. The zero-order valence-corrected chi connectivity index (χ0v) is 15.2. The Hall–Kier alpha value is -2.52. The molecule has 138 valence electrons. The minimum Gasteiger partial charge on any atom is -0.396 e. The fraction of sp³-hybridized carbons (Fsp3) is 0.353. The number of carbonyl (C=O) groups is 1. The highest BCUT2D eigenvalue weighted by Gasteiger charge is 2.26. The monoisotopic (exact) mass is 378 g/mol. The van der Waals surface area contributed by atoms with Crippen LogP contribution in [0.15, 0.2) is 45.7 Å². The second-order valence-electron chi connectivity index (χ2n) is 6.08. The van der Waals surface area contributed by atoms with E-state index < -0.39 is 15.9 Å². The van der Waals surface area contributed by atoms with Crippen LogP contribution in [0.1, 0.15) is 29.8 Å². The second-order valence-corrected chi connectivity index (χ2v) is 8.02. The van der Waals surface area contributed by atoms with Crippen LogP contribution < -0.4 is 5.32 Å². The van der Waals surface area contributed by atoms with Gasteiger partial charge in [0.05, 0.1) is 15.7 Å². The number of nitroso groups, excluding NO2 is 1. The van der Waals surface area contributed by atoms with Crippen molar-refractivity contribution in [2.45, 2.75) is 24.2 Å². The molecular formula is C17H20N3O5S+. The average Bonchev–Trinajstić information content (AvgIpc) is 3.13. The van der Waals surface area contributed by atoms with Crippen molar-refractivity contribution in [1.29, 1.82) is 0 Å². The molecule has 2 heterocycles. The van der Waals surface area contributed by atoms with E-state index in [0.717, 1.165) is 19.3 Å². The number of nitrogens with zero attached hydrogens (tertiary/aromatic N) is 2. The van der Waals surface area contributed by atoms with E-state index in [2.05, 4.69) is 5.32 Å². The predicted molar refractivity (Wildman–Crippen MR) is 94.9 cm³/mol. The number of hydrogen-bond donors (Lipinski definition) is 1.